The Morgan fingerprint density at radius 1 is 1.59 bits per heavy atom. The Balaban J connectivity index is 2.70. The van der Waals surface area contributed by atoms with Crippen molar-refractivity contribution in [1.82, 2.24) is 5.32 Å². The smallest absolute Gasteiger partial charge is 0.405 e. The van der Waals surface area contributed by atoms with E-state index in [1.54, 1.807) is 5.32 Å². The molecule has 0 heterocycles. The average Bonchev–Trinajstić information content (AvgIpc) is 2.18. The molecule has 17 heavy (non-hydrogen) atoms. The van der Waals surface area contributed by atoms with Crippen LogP contribution in [0.25, 0.3) is 0 Å². The van der Waals surface area contributed by atoms with Crippen molar-refractivity contribution in [2.75, 3.05) is 6.54 Å². The van der Waals surface area contributed by atoms with Crippen LogP contribution in [-0.2, 0) is 4.79 Å². The Hall–Kier alpha value is -1.47. The van der Waals surface area contributed by atoms with Gasteiger partial charge in [0.15, 0.2) is 5.84 Å². The molecule has 1 amide bonds. The highest BCUT2D eigenvalue weighted by molar-refractivity contribution is 6.07. The van der Waals surface area contributed by atoms with Crippen LogP contribution in [0.15, 0.2) is 5.16 Å². The lowest BCUT2D eigenvalue weighted by Gasteiger charge is -2.43. The lowest BCUT2D eigenvalue weighted by atomic mass is 9.61. The first-order valence-corrected chi connectivity index (χ1v) is 5.04. The number of nitrogens with zero attached hydrogens (tertiary/aromatic N) is 1. The van der Waals surface area contributed by atoms with Gasteiger partial charge < -0.3 is 16.3 Å². The zero-order chi connectivity index (χ0) is 13.3. The molecule has 0 aromatic heterocycles. The standard InChI is InChI=1S/C9H14F3N3O2/c1-5-2-8(3-5,6(13)15-17)7(16)14-4-9(10,11)12/h5,17H,2-4H2,1H3,(H2,13,15)(H,14,16). The van der Waals surface area contributed by atoms with Crippen LogP contribution in [-0.4, -0.2) is 29.7 Å². The fourth-order valence-electron chi connectivity index (χ4n) is 2.09. The monoisotopic (exact) mass is 253 g/mol. The largest absolute Gasteiger partial charge is 0.409 e. The van der Waals surface area contributed by atoms with Crippen molar-refractivity contribution in [3.63, 3.8) is 0 Å². The third kappa shape index (κ3) is 2.80. The van der Waals surface area contributed by atoms with Crippen molar-refractivity contribution in [3.8, 4) is 0 Å². The Morgan fingerprint density at radius 2 is 2.12 bits per heavy atom. The predicted octanol–water partition coefficient (Wildman–Crippen LogP) is 0.828. The number of halogens is 3. The van der Waals surface area contributed by atoms with Crippen molar-refractivity contribution >= 4 is 11.7 Å². The van der Waals surface area contributed by atoms with Crippen molar-refractivity contribution in [3.05, 3.63) is 0 Å². The zero-order valence-corrected chi connectivity index (χ0v) is 9.21. The number of nitrogens with two attached hydrogens (primary N) is 1. The van der Waals surface area contributed by atoms with Crippen LogP contribution in [0.2, 0.25) is 0 Å². The van der Waals surface area contributed by atoms with Crippen LogP contribution in [0.1, 0.15) is 19.8 Å². The Labute approximate surface area is 95.8 Å². The van der Waals surface area contributed by atoms with Gasteiger partial charge in [0.05, 0.1) is 0 Å². The van der Waals surface area contributed by atoms with Gasteiger partial charge in [-0.1, -0.05) is 12.1 Å². The molecule has 0 spiro atoms. The van der Waals surface area contributed by atoms with E-state index in [1.165, 1.54) is 0 Å². The normalized spacial score (nSPS) is 29.6. The second-order valence-electron chi connectivity index (χ2n) is 4.38. The third-order valence-electron chi connectivity index (χ3n) is 2.88. The predicted molar refractivity (Wildman–Crippen MR) is 53.3 cm³/mol. The second-order valence-corrected chi connectivity index (χ2v) is 4.38. The number of hydrogen-bond acceptors (Lipinski definition) is 3. The van der Waals surface area contributed by atoms with Gasteiger partial charge in [-0.05, 0) is 18.8 Å². The summed E-state index contributed by atoms with van der Waals surface area (Å²) >= 11 is 0. The maximum absolute atomic E-state index is 12.0. The molecule has 4 N–H and O–H groups in total. The molecular weight excluding hydrogens is 239 g/mol. The van der Waals surface area contributed by atoms with Gasteiger partial charge in [0.2, 0.25) is 5.91 Å². The molecule has 1 rings (SSSR count). The first-order chi connectivity index (χ1) is 7.71. The number of nitrogens with one attached hydrogen (secondary N) is 1. The summed E-state index contributed by atoms with van der Waals surface area (Å²) in [7, 11) is 0. The number of oxime groups is 1. The van der Waals surface area contributed by atoms with Gasteiger partial charge in [0, 0.05) is 0 Å². The van der Waals surface area contributed by atoms with Gasteiger partial charge in [-0.2, -0.15) is 13.2 Å². The van der Waals surface area contributed by atoms with E-state index < -0.39 is 24.0 Å². The van der Waals surface area contributed by atoms with Crippen LogP contribution in [0.5, 0.6) is 0 Å². The highest BCUT2D eigenvalue weighted by atomic mass is 19.4. The molecule has 1 aliphatic carbocycles. The molecule has 0 bridgehead atoms. The first-order valence-electron chi connectivity index (χ1n) is 5.04. The minimum Gasteiger partial charge on any atom is -0.409 e. The van der Waals surface area contributed by atoms with Gasteiger partial charge in [-0.3, -0.25) is 4.79 Å². The zero-order valence-electron chi connectivity index (χ0n) is 9.21. The first kappa shape index (κ1) is 13.6. The Bertz CT molecular complexity index is 335. The lowest BCUT2D eigenvalue weighted by molar-refractivity contribution is -0.146. The minimum absolute atomic E-state index is 0.159. The van der Waals surface area contributed by atoms with E-state index in [2.05, 4.69) is 5.16 Å². The molecule has 5 nitrogen and oxygen atoms in total. The number of amidine groups is 1. The summed E-state index contributed by atoms with van der Waals surface area (Å²) in [5.74, 6) is -1.02. The highest BCUT2D eigenvalue weighted by Gasteiger charge is 2.52. The second kappa shape index (κ2) is 4.42. The molecule has 0 aliphatic heterocycles. The van der Waals surface area contributed by atoms with Crippen LogP contribution in [0.3, 0.4) is 0 Å². The Morgan fingerprint density at radius 3 is 2.47 bits per heavy atom. The van der Waals surface area contributed by atoms with Crippen LogP contribution in [0.4, 0.5) is 13.2 Å². The summed E-state index contributed by atoms with van der Waals surface area (Å²) in [6.07, 6.45) is -3.91. The molecule has 1 fully saturated rings. The SMILES string of the molecule is CC1CC(C(=O)NCC(F)(F)F)(C(N)=NO)C1. The van der Waals surface area contributed by atoms with E-state index in [0.29, 0.717) is 0 Å². The maximum atomic E-state index is 12.0. The summed E-state index contributed by atoms with van der Waals surface area (Å²) in [5.41, 5.74) is 4.08. The summed E-state index contributed by atoms with van der Waals surface area (Å²) in [5, 5.41) is 13.1. The van der Waals surface area contributed by atoms with Gasteiger partial charge in [-0.15, -0.1) is 0 Å². The highest BCUT2D eigenvalue weighted by Crippen LogP contribution is 2.45. The van der Waals surface area contributed by atoms with Crippen molar-refractivity contribution in [2.45, 2.75) is 25.9 Å². The molecule has 98 valence electrons. The molecule has 1 saturated carbocycles. The molecular formula is C9H14F3N3O2. The summed E-state index contributed by atoms with van der Waals surface area (Å²) < 4.78 is 35.9. The molecule has 1 aliphatic rings. The lowest BCUT2D eigenvalue weighted by Crippen LogP contribution is -2.57. The molecule has 0 aromatic carbocycles. The molecule has 0 unspecified atom stereocenters. The maximum Gasteiger partial charge on any atom is 0.405 e. The van der Waals surface area contributed by atoms with E-state index in [1.807, 2.05) is 6.92 Å². The number of alkyl halides is 3. The van der Waals surface area contributed by atoms with E-state index >= 15 is 0 Å². The molecule has 0 saturated heterocycles. The summed E-state index contributed by atoms with van der Waals surface area (Å²) in [6, 6.07) is 0. The van der Waals surface area contributed by atoms with Gasteiger partial charge in [-0.25, -0.2) is 0 Å². The van der Waals surface area contributed by atoms with E-state index in [9.17, 15) is 18.0 Å². The summed E-state index contributed by atoms with van der Waals surface area (Å²) in [6.45, 7) is 0.417. The van der Waals surface area contributed by atoms with Crippen LogP contribution >= 0.6 is 0 Å². The number of carbonyl (C=O) groups excluding carboxylic acids is 1. The topological polar surface area (TPSA) is 87.7 Å². The Kier molecular flexibility index (Phi) is 3.53. The fourth-order valence-corrected chi connectivity index (χ4v) is 2.09. The molecule has 0 aromatic rings. The third-order valence-corrected chi connectivity index (χ3v) is 2.88. The van der Waals surface area contributed by atoms with E-state index in [0.717, 1.165) is 0 Å². The van der Waals surface area contributed by atoms with Crippen molar-refractivity contribution in [1.29, 1.82) is 0 Å². The fraction of sp³-hybridized carbons (Fsp3) is 0.778. The van der Waals surface area contributed by atoms with Crippen LogP contribution in [0, 0.1) is 11.3 Å². The van der Waals surface area contributed by atoms with E-state index in [4.69, 9.17) is 10.9 Å². The van der Waals surface area contributed by atoms with Crippen LogP contribution < -0.4 is 11.1 Å². The number of rotatable bonds is 3. The quantitative estimate of drug-likeness (QED) is 0.301. The summed E-state index contributed by atoms with van der Waals surface area (Å²) in [4.78, 5) is 11.7. The van der Waals surface area contributed by atoms with E-state index in [-0.39, 0.29) is 24.6 Å². The average molecular weight is 253 g/mol. The van der Waals surface area contributed by atoms with Crippen molar-refractivity contribution in [2.24, 2.45) is 22.2 Å². The molecule has 8 heteroatoms. The molecule has 0 radical (unpaired) electrons. The van der Waals surface area contributed by atoms with Crippen molar-refractivity contribution < 1.29 is 23.2 Å². The van der Waals surface area contributed by atoms with Gasteiger partial charge in [0.25, 0.3) is 0 Å². The van der Waals surface area contributed by atoms with Gasteiger partial charge in [0.1, 0.15) is 12.0 Å². The van der Waals surface area contributed by atoms with Gasteiger partial charge >= 0.3 is 6.18 Å². The molecule has 0 atom stereocenters. The number of amides is 1. The number of hydrogen-bond donors (Lipinski definition) is 3. The minimum atomic E-state index is -4.47. The number of carbonyl (C=O) groups is 1.